The average Bonchev–Trinajstić information content (AvgIpc) is 2.46. The van der Waals surface area contributed by atoms with Gasteiger partial charge in [0, 0.05) is 37.5 Å². The highest BCUT2D eigenvalue weighted by atomic mass is 15.1. The SMILES string of the molecule is CCN(C)c1ccc(/C=C/c2cccc[n+]2C)cc1. The second-order valence-electron chi connectivity index (χ2n) is 4.68. The fourth-order valence-corrected chi connectivity index (χ4v) is 1.91. The molecule has 1 heterocycles. The molecule has 0 fully saturated rings. The summed E-state index contributed by atoms with van der Waals surface area (Å²) in [5, 5.41) is 0. The van der Waals surface area contributed by atoms with Crippen LogP contribution in [0.5, 0.6) is 0 Å². The lowest BCUT2D eigenvalue weighted by molar-refractivity contribution is -0.673. The van der Waals surface area contributed by atoms with Gasteiger partial charge in [0.1, 0.15) is 7.05 Å². The van der Waals surface area contributed by atoms with Gasteiger partial charge in [-0.15, -0.1) is 0 Å². The number of aromatic nitrogens is 1. The summed E-state index contributed by atoms with van der Waals surface area (Å²) in [4.78, 5) is 2.23. The first-order chi connectivity index (χ1) is 9.20. The van der Waals surface area contributed by atoms with E-state index in [4.69, 9.17) is 0 Å². The van der Waals surface area contributed by atoms with Crippen LogP contribution >= 0.6 is 0 Å². The fraction of sp³-hybridized carbons (Fsp3) is 0.235. The van der Waals surface area contributed by atoms with Crippen molar-refractivity contribution in [2.24, 2.45) is 7.05 Å². The van der Waals surface area contributed by atoms with Gasteiger partial charge in [-0.3, -0.25) is 0 Å². The Balaban J connectivity index is 2.14. The Bertz CT molecular complexity index is 556. The van der Waals surface area contributed by atoms with Crippen molar-refractivity contribution < 1.29 is 4.57 Å². The average molecular weight is 253 g/mol. The topological polar surface area (TPSA) is 7.12 Å². The summed E-state index contributed by atoms with van der Waals surface area (Å²) in [6.07, 6.45) is 6.34. The molecule has 1 aromatic carbocycles. The number of hydrogen-bond acceptors (Lipinski definition) is 1. The molecule has 0 bridgehead atoms. The highest BCUT2D eigenvalue weighted by molar-refractivity contribution is 5.68. The van der Waals surface area contributed by atoms with Crippen LogP contribution in [0.4, 0.5) is 5.69 Å². The number of rotatable bonds is 4. The summed E-state index contributed by atoms with van der Waals surface area (Å²) in [6.45, 7) is 3.18. The quantitative estimate of drug-likeness (QED) is 0.759. The Morgan fingerprint density at radius 2 is 1.79 bits per heavy atom. The second-order valence-corrected chi connectivity index (χ2v) is 4.68. The van der Waals surface area contributed by atoms with Gasteiger partial charge < -0.3 is 4.90 Å². The van der Waals surface area contributed by atoms with Gasteiger partial charge in [-0.25, -0.2) is 4.57 Å². The first-order valence-corrected chi connectivity index (χ1v) is 6.64. The molecule has 0 aliphatic heterocycles. The standard InChI is InChI=1S/C17H21N2/c1-4-18(2)17-12-9-15(10-13-17)8-11-16-7-5-6-14-19(16)3/h5-14H,4H2,1-3H3/q+1. The zero-order valence-electron chi connectivity index (χ0n) is 11.9. The highest BCUT2D eigenvalue weighted by Crippen LogP contribution is 2.14. The lowest BCUT2D eigenvalue weighted by Crippen LogP contribution is -2.30. The van der Waals surface area contributed by atoms with Crippen LogP contribution in [-0.2, 0) is 7.05 Å². The van der Waals surface area contributed by atoms with E-state index in [1.165, 1.54) is 16.9 Å². The molecule has 2 aromatic rings. The number of hydrogen-bond donors (Lipinski definition) is 0. The van der Waals surface area contributed by atoms with Crippen LogP contribution in [0.3, 0.4) is 0 Å². The monoisotopic (exact) mass is 253 g/mol. The number of benzene rings is 1. The smallest absolute Gasteiger partial charge is 0.204 e. The Labute approximate surface area is 115 Å². The molecular formula is C17H21N2+. The molecule has 0 atom stereocenters. The maximum Gasteiger partial charge on any atom is 0.204 e. The first-order valence-electron chi connectivity index (χ1n) is 6.64. The van der Waals surface area contributed by atoms with Gasteiger partial charge in [0.2, 0.25) is 5.69 Å². The van der Waals surface area contributed by atoms with Crippen molar-refractivity contribution in [2.75, 3.05) is 18.5 Å². The summed E-state index contributed by atoms with van der Waals surface area (Å²) < 4.78 is 2.11. The van der Waals surface area contributed by atoms with Crippen LogP contribution in [0.1, 0.15) is 18.2 Å². The number of pyridine rings is 1. The lowest BCUT2D eigenvalue weighted by atomic mass is 10.1. The van der Waals surface area contributed by atoms with E-state index >= 15 is 0 Å². The zero-order chi connectivity index (χ0) is 13.7. The predicted molar refractivity (Wildman–Crippen MR) is 81.9 cm³/mol. The van der Waals surface area contributed by atoms with Crippen LogP contribution in [0.25, 0.3) is 12.2 Å². The number of nitrogens with zero attached hydrogens (tertiary/aromatic N) is 2. The molecule has 2 nitrogen and oxygen atoms in total. The summed E-state index contributed by atoms with van der Waals surface area (Å²) >= 11 is 0. The van der Waals surface area contributed by atoms with Crippen molar-refractivity contribution >= 4 is 17.8 Å². The fourth-order valence-electron chi connectivity index (χ4n) is 1.91. The molecule has 0 N–H and O–H groups in total. The van der Waals surface area contributed by atoms with Gasteiger partial charge in [-0.1, -0.05) is 12.1 Å². The number of aryl methyl sites for hydroxylation is 1. The minimum atomic E-state index is 1.02. The van der Waals surface area contributed by atoms with E-state index in [2.05, 4.69) is 85.2 Å². The molecule has 0 saturated heterocycles. The van der Waals surface area contributed by atoms with E-state index in [0.29, 0.717) is 0 Å². The van der Waals surface area contributed by atoms with E-state index in [0.717, 1.165) is 6.54 Å². The van der Waals surface area contributed by atoms with Gasteiger partial charge in [0.05, 0.1) is 0 Å². The van der Waals surface area contributed by atoms with Crippen LogP contribution in [0.2, 0.25) is 0 Å². The molecule has 2 heteroatoms. The van der Waals surface area contributed by atoms with Crippen LogP contribution < -0.4 is 9.47 Å². The van der Waals surface area contributed by atoms with Crippen molar-refractivity contribution in [3.8, 4) is 0 Å². The Kier molecular flexibility index (Phi) is 4.35. The molecule has 2 rings (SSSR count). The van der Waals surface area contributed by atoms with Crippen LogP contribution in [0.15, 0.2) is 48.7 Å². The molecular weight excluding hydrogens is 232 g/mol. The van der Waals surface area contributed by atoms with Crippen LogP contribution in [-0.4, -0.2) is 13.6 Å². The van der Waals surface area contributed by atoms with E-state index < -0.39 is 0 Å². The van der Waals surface area contributed by atoms with Crippen LogP contribution in [0, 0.1) is 0 Å². The van der Waals surface area contributed by atoms with E-state index in [1.807, 2.05) is 6.07 Å². The summed E-state index contributed by atoms with van der Waals surface area (Å²) in [7, 11) is 4.16. The van der Waals surface area contributed by atoms with E-state index in [-0.39, 0.29) is 0 Å². The van der Waals surface area contributed by atoms with Crippen molar-refractivity contribution in [2.45, 2.75) is 6.92 Å². The van der Waals surface area contributed by atoms with E-state index in [9.17, 15) is 0 Å². The molecule has 0 amide bonds. The van der Waals surface area contributed by atoms with Gasteiger partial charge >= 0.3 is 0 Å². The Hall–Kier alpha value is -2.09. The third kappa shape index (κ3) is 3.44. The van der Waals surface area contributed by atoms with E-state index in [1.54, 1.807) is 0 Å². The van der Waals surface area contributed by atoms with Gasteiger partial charge in [-0.2, -0.15) is 0 Å². The van der Waals surface area contributed by atoms with Crippen molar-refractivity contribution in [1.82, 2.24) is 0 Å². The first kappa shape index (κ1) is 13.3. The van der Waals surface area contributed by atoms with Crippen molar-refractivity contribution in [3.05, 3.63) is 59.9 Å². The molecule has 0 saturated carbocycles. The normalized spacial score (nSPS) is 10.9. The minimum Gasteiger partial charge on any atom is -0.375 e. The summed E-state index contributed by atoms with van der Waals surface area (Å²) in [5.41, 5.74) is 3.67. The molecule has 0 radical (unpaired) electrons. The Morgan fingerprint density at radius 1 is 1.05 bits per heavy atom. The maximum absolute atomic E-state index is 2.23. The zero-order valence-corrected chi connectivity index (χ0v) is 11.9. The van der Waals surface area contributed by atoms with Crippen molar-refractivity contribution in [3.63, 3.8) is 0 Å². The van der Waals surface area contributed by atoms with Crippen molar-refractivity contribution in [1.29, 1.82) is 0 Å². The molecule has 0 aliphatic carbocycles. The Morgan fingerprint density at radius 3 is 2.42 bits per heavy atom. The molecule has 1 aromatic heterocycles. The molecule has 0 aliphatic rings. The largest absolute Gasteiger partial charge is 0.375 e. The lowest BCUT2D eigenvalue weighted by Gasteiger charge is -2.16. The minimum absolute atomic E-state index is 1.02. The summed E-state index contributed by atoms with van der Waals surface area (Å²) in [5.74, 6) is 0. The third-order valence-corrected chi connectivity index (χ3v) is 3.35. The van der Waals surface area contributed by atoms with Gasteiger partial charge in [0.15, 0.2) is 6.20 Å². The molecule has 19 heavy (non-hydrogen) atoms. The molecule has 98 valence electrons. The van der Waals surface area contributed by atoms with Gasteiger partial charge in [-0.05, 0) is 36.8 Å². The predicted octanol–water partition coefficient (Wildman–Crippen LogP) is 3.14. The van der Waals surface area contributed by atoms with Gasteiger partial charge in [0.25, 0.3) is 0 Å². The number of anilines is 1. The maximum atomic E-state index is 2.23. The second kappa shape index (κ2) is 6.19. The molecule has 0 unspecified atom stereocenters. The summed E-state index contributed by atoms with van der Waals surface area (Å²) in [6, 6.07) is 14.8. The molecule has 0 spiro atoms. The highest BCUT2D eigenvalue weighted by Gasteiger charge is 1.99. The third-order valence-electron chi connectivity index (χ3n) is 3.35.